The van der Waals surface area contributed by atoms with Crippen LogP contribution in [0, 0.1) is 6.92 Å². The van der Waals surface area contributed by atoms with Gasteiger partial charge in [0.15, 0.2) is 16.7 Å². The Bertz CT molecular complexity index is 625. The van der Waals surface area contributed by atoms with Gasteiger partial charge in [-0.2, -0.15) is 0 Å². The van der Waals surface area contributed by atoms with E-state index in [9.17, 15) is 5.11 Å². The maximum Gasteiger partial charge on any atom is 0.161 e. The lowest BCUT2D eigenvalue weighted by Crippen LogP contribution is -2.03. The van der Waals surface area contributed by atoms with Gasteiger partial charge < -0.3 is 15.2 Å². The minimum atomic E-state index is 0.128. The van der Waals surface area contributed by atoms with Gasteiger partial charge in [0, 0.05) is 6.54 Å². The summed E-state index contributed by atoms with van der Waals surface area (Å²) in [6, 6.07) is 6.96. The largest absolute Gasteiger partial charge is 0.504 e. The van der Waals surface area contributed by atoms with Crippen LogP contribution in [0.5, 0.6) is 11.5 Å². The Morgan fingerprint density at radius 1 is 1.29 bits per heavy atom. The maximum atomic E-state index is 9.68. The second-order valence-electron chi connectivity index (χ2n) is 4.52. The van der Waals surface area contributed by atoms with E-state index in [2.05, 4.69) is 10.3 Å². The summed E-state index contributed by atoms with van der Waals surface area (Å²) in [7, 11) is 0. The van der Waals surface area contributed by atoms with E-state index < -0.39 is 0 Å². The topological polar surface area (TPSA) is 54.4 Å². The molecule has 21 heavy (non-hydrogen) atoms. The summed E-state index contributed by atoms with van der Waals surface area (Å²) in [5.74, 6) is 0.594. The monoisotopic (exact) mass is 326 g/mol. The molecule has 1 heterocycles. The number of aryl methyl sites for hydroxylation is 1. The van der Waals surface area contributed by atoms with E-state index >= 15 is 0 Å². The molecule has 0 saturated carbocycles. The van der Waals surface area contributed by atoms with Crippen LogP contribution >= 0.6 is 23.2 Å². The average Bonchev–Trinajstić information content (AvgIpc) is 2.41. The first kappa shape index (κ1) is 15.7. The second kappa shape index (κ2) is 6.87. The molecular weight excluding hydrogens is 311 g/mol. The van der Waals surface area contributed by atoms with Crippen LogP contribution in [0.15, 0.2) is 24.3 Å². The summed E-state index contributed by atoms with van der Waals surface area (Å²) in [6.07, 6.45) is 0. The van der Waals surface area contributed by atoms with Gasteiger partial charge in [0.1, 0.15) is 5.15 Å². The molecular formula is C15H16Cl2N2O2. The number of ether oxygens (including phenoxy) is 1. The molecule has 2 N–H and O–H groups in total. The van der Waals surface area contributed by atoms with Crippen molar-refractivity contribution in [2.24, 2.45) is 0 Å². The van der Waals surface area contributed by atoms with Crippen molar-refractivity contribution in [3.8, 4) is 11.5 Å². The molecule has 112 valence electrons. The summed E-state index contributed by atoms with van der Waals surface area (Å²) >= 11 is 11.9. The van der Waals surface area contributed by atoms with E-state index in [1.54, 1.807) is 18.2 Å². The van der Waals surface area contributed by atoms with Crippen LogP contribution in [0.2, 0.25) is 10.3 Å². The molecule has 0 bridgehead atoms. The quantitative estimate of drug-likeness (QED) is 0.799. The third-order valence-electron chi connectivity index (χ3n) is 2.93. The number of rotatable bonds is 5. The number of benzene rings is 1. The summed E-state index contributed by atoms with van der Waals surface area (Å²) in [6.45, 7) is 4.80. The lowest BCUT2D eigenvalue weighted by Gasteiger charge is -2.13. The third kappa shape index (κ3) is 3.93. The molecule has 0 atom stereocenters. The van der Waals surface area contributed by atoms with E-state index in [1.807, 2.05) is 19.9 Å². The first-order valence-corrected chi connectivity index (χ1v) is 7.28. The van der Waals surface area contributed by atoms with Crippen LogP contribution in [0.3, 0.4) is 0 Å². The van der Waals surface area contributed by atoms with Gasteiger partial charge in [-0.15, -0.1) is 0 Å². The van der Waals surface area contributed by atoms with Gasteiger partial charge in [-0.25, -0.2) is 4.98 Å². The Hall–Kier alpha value is -1.65. The molecule has 0 spiro atoms. The standard InChI is InChI=1S/C15H16Cl2N2O2/c1-3-21-12-7-10(4-5-11(12)20)8-18-14-9(2)6-13(16)19-15(14)17/h4-7,18,20H,3,8H2,1-2H3. The number of nitrogens with zero attached hydrogens (tertiary/aromatic N) is 1. The lowest BCUT2D eigenvalue weighted by atomic mass is 10.2. The summed E-state index contributed by atoms with van der Waals surface area (Å²) in [5, 5.41) is 13.6. The molecule has 0 aliphatic heterocycles. The van der Waals surface area contributed by atoms with Crippen molar-refractivity contribution in [3.63, 3.8) is 0 Å². The van der Waals surface area contributed by atoms with Gasteiger partial charge in [0.25, 0.3) is 0 Å². The second-order valence-corrected chi connectivity index (χ2v) is 5.26. The zero-order valence-corrected chi connectivity index (χ0v) is 13.3. The van der Waals surface area contributed by atoms with Gasteiger partial charge in [-0.05, 0) is 43.2 Å². The Labute approximate surface area is 133 Å². The first-order valence-electron chi connectivity index (χ1n) is 6.52. The molecule has 0 fully saturated rings. The van der Waals surface area contributed by atoms with Crippen molar-refractivity contribution in [2.75, 3.05) is 11.9 Å². The molecule has 2 rings (SSSR count). The van der Waals surface area contributed by atoms with E-state index in [-0.39, 0.29) is 5.75 Å². The van der Waals surface area contributed by atoms with Crippen molar-refractivity contribution < 1.29 is 9.84 Å². The minimum Gasteiger partial charge on any atom is -0.504 e. The third-order valence-corrected chi connectivity index (χ3v) is 3.40. The Kier molecular flexibility index (Phi) is 5.15. The maximum absolute atomic E-state index is 9.68. The average molecular weight is 327 g/mol. The number of aromatic hydroxyl groups is 1. The van der Waals surface area contributed by atoms with Crippen molar-refractivity contribution in [3.05, 3.63) is 45.7 Å². The Morgan fingerprint density at radius 3 is 2.71 bits per heavy atom. The van der Waals surface area contributed by atoms with E-state index in [4.69, 9.17) is 27.9 Å². The highest BCUT2D eigenvalue weighted by Crippen LogP contribution is 2.29. The number of phenols is 1. The number of aromatic nitrogens is 1. The van der Waals surface area contributed by atoms with Crippen LogP contribution in [-0.4, -0.2) is 16.7 Å². The van der Waals surface area contributed by atoms with Gasteiger partial charge in [0.05, 0.1) is 12.3 Å². The zero-order valence-electron chi connectivity index (χ0n) is 11.8. The van der Waals surface area contributed by atoms with Crippen molar-refractivity contribution >= 4 is 28.9 Å². The van der Waals surface area contributed by atoms with Crippen LogP contribution in [0.4, 0.5) is 5.69 Å². The number of hydrogen-bond donors (Lipinski definition) is 2. The van der Waals surface area contributed by atoms with E-state index in [1.165, 1.54) is 0 Å². The molecule has 1 aromatic heterocycles. The molecule has 0 aliphatic rings. The zero-order chi connectivity index (χ0) is 15.4. The SMILES string of the molecule is CCOc1cc(CNc2c(C)cc(Cl)nc2Cl)ccc1O. The summed E-state index contributed by atoms with van der Waals surface area (Å²) in [4.78, 5) is 4.01. The number of nitrogens with one attached hydrogen (secondary N) is 1. The van der Waals surface area contributed by atoms with Crippen LogP contribution in [0.25, 0.3) is 0 Å². The van der Waals surface area contributed by atoms with Crippen molar-refractivity contribution in [1.29, 1.82) is 0 Å². The van der Waals surface area contributed by atoms with Crippen LogP contribution in [0.1, 0.15) is 18.1 Å². The molecule has 0 aliphatic carbocycles. The molecule has 0 amide bonds. The number of phenolic OH excluding ortho intramolecular Hbond substituents is 1. The Balaban J connectivity index is 2.15. The highest BCUT2D eigenvalue weighted by atomic mass is 35.5. The molecule has 6 heteroatoms. The molecule has 0 saturated heterocycles. The predicted octanol–water partition coefficient (Wildman–Crippen LogP) is 4.41. The molecule has 0 unspecified atom stereocenters. The number of pyridine rings is 1. The molecule has 2 aromatic rings. The van der Waals surface area contributed by atoms with E-state index in [0.29, 0.717) is 29.2 Å². The first-order chi connectivity index (χ1) is 10.0. The van der Waals surface area contributed by atoms with Crippen LogP contribution in [-0.2, 0) is 6.54 Å². The summed E-state index contributed by atoms with van der Waals surface area (Å²) < 4.78 is 5.36. The number of hydrogen-bond acceptors (Lipinski definition) is 4. The van der Waals surface area contributed by atoms with Gasteiger partial charge in [0.2, 0.25) is 0 Å². The van der Waals surface area contributed by atoms with Gasteiger partial charge in [-0.3, -0.25) is 0 Å². The molecule has 0 radical (unpaired) electrons. The normalized spacial score (nSPS) is 10.5. The van der Waals surface area contributed by atoms with Crippen molar-refractivity contribution in [2.45, 2.75) is 20.4 Å². The van der Waals surface area contributed by atoms with Gasteiger partial charge in [-0.1, -0.05) is 29.3 Å². The highest BCUT2D eigenvalue weighted by molar-refractivity contribution is 6.34. The fourth-order valence-electron chi connectivity index (χ4n) is 1.94. The molecule has 1 aromatic carbocycles. The minimum absolute atomic E-state index is 0.128. The number of halogens is 2. The summed E-state index contributed by atoms with van der Waals surface area (Å²) in [5.41, 5.74) is 2.62. The molecule has 4 nitrogen and oxygen atoms in total. The predicted molar refractivity (Wildman–Crippen MR) is 85.6 cm³/mol. The highest BCUT2D eigenvalue weighted by Gasteiger charge is 2.08. The number of anilines is 1. The fraction of sp³-hybridized carbons (Fsp3) is 0.267. The smallest absolute Gasteiger partial charge is 0.161 e. The van der Waals surface area contributed by atoms with Crippen LogP contribution < -0.4 is 10.1 Å². The van der Waals surface area contributed by atoms with Gasteiger partial charge >= 0.3 is 0 Å². The van der Waals surface area contributed by atoms with E-state index in [0.717, 1.165) is 16.8 Å². The Morgan fingerprint density at radius 2 is 2.05 bits per heavy atom. The lowest BCUT2D eigenvalue weighted by molar-refractivity contribution is 0.318. The van der Waals surface area contributed by atoms with Crippen molar-refractivity contribution in [1.82, 2.24) is 4.98 Å². The fourth-order valence-corrected chi connectivity index (χ4v) is 2.54.